The quantitative estimate of drug-likeness (QED) is 0.844. The van der Waals surface area contributed by atoms with E-state index < -0.39 is 5.91 Å². The Bertz CT molecular complexity index is 689. The fourth-order valence-electron chi connectivity index (χ4n) is 1.79. The van der Waals surface area contributed by atoms with Crippen molar-refractivity contribution in [1.82, 2.24) is 15.6 Å². The predicted octanol–water partition coefficient (Wildman–Crippen LogP) is 1.79. The van der Waals surface area contributed by atoms with Crippen molar-refractivity contribution >= 4 is 23.4 Å². The maximum absolute atomic E-state index is 11.8. The average molecular weight is 334 g/mol. The summed E-state index contributed by atoms with van der Waals surface area (Å²) in [6.45, 7) is 0.233. The zero-order valence-electron chi connectivity index (χ0n) is 12.5. The molecule has 0 saturated heterocycles. The van der Waals surface area contributed by atoms with Gasteiger partial charge in [-0.3, -0.25) is 14.6 Å². The Hall–Kier alpha value is -2.60. The highest BCUT2D eigenvalue weighted by atomic mass is 35.5. The number of nitrogens with zero attached hydrogens (tertiary/aromatic N) is 1. The summed E-state index contributed by atoms with van der Waals surface area (Å²) in [6.07, 6.45) is 1.43. The number of methoxy groups -OCH3 is 1. The molecule has 0 aliphatic heterocycles. The van der Waals surface area contributed by atoms with E-state index in [0.29, 0.717) is 11.6 Å². The zero-order chi connectivity index (χ0) is 16.7. The molecular weight excluding hydrogens is 318 g/mol. The first-order valence-electron chi connectivity index (χ1n) is 6.88. The molecule has 0 spiro atoms. The Morgan fingerprint density at radius 1 is 1.17 bits per heavy atom. The van der Waals surface area contributed by atoms with Crippen molar-refractivity contribution in [2.45, 2.75) is 6.54 Å². The molecule has 2 rings (SSSR count). The summed E-state index contributed by atoms with van der Waals surface area (Å²) < 4.78 is 5.06. The fourth-order valence-corrected chi connectivity index (χ4v) is 1.95. The van der Waals surface area contributed by atoms with Crippen LogP contribution in [0, 0.1) is 0 Å². The maximum atomic E-state index is 11.8. The Labute approximate surface area is 138 Å². The molecule has 2 aromatic rings. The number of pyridine rings is 1. The van der Waals surface area contributed by atoms with Crippen LogP contribution in [-0.2, 0) is 11.3 Å². The van der Waals surface area contributed by atoms with Gasteiger partial charge < -0.3 is 15.4 Å². The van der Waals surface area contributed by atoms with Crippen LogP contribution in [0.15, 0.2) is 42.6 Å². The molecule has 2 amide bonds. The second-order valence-electron chi connectivity index (χ2n) is 4.67. The van der Waals surface area contributed by atoms with Crippen LogP contribution in [0.25, 0.3) is 0 Å². The minimum Gasteiger partial charge on any atom is -0.497 e. The van der Waals surface area contributed by atoms with Crippen molar-refractivity contribution in [2.24, 2.45) is 0 Å². The number of hydrogen-bond acceptors (Lipinski definition) is 4. The molecule has 0 saturated carbocycles. The van der Waals surface area contributed by atoms with Gasteiger partial charge in [0.05, 0.1) is 13.7 Å². The van der Waals surface area contributed by atoms with Crippen molar-refractivity contribution in [3.05, 3.63) is 58.9 Å². The molecule has 0 aliphatic carbocycles. The number of ether oxygens (including phenoxy) is 1. The van der Waals surface area contributed by atoms with Gasteiger partial charge in [-0.1, -0.05) is 23.7 Å². The third kappa shape index (κ3) is 5.27. The number of nitrogens with one attached hydrogen (secondary N) is 2. The summed E-state index contributed by atoms with van der Waals surface area (Å²) >= 11 is 5.78. The first-order chi connectivity index (χ1) is 11.1. The fraction of sp³-hybridized carbons (Fsp3) is 0.188. The van der Waals surface area contributed by atoms with Crippen molar-refractivity contribution in [1.29, 1.82) is 0 Å². The van der Waals surface area contributed by atoms with Crippen molar-refractivity contribution in [2.75, 3.05) is 13.7 Å². The van der Waals surface area contributed by atoms with Gasteiger partial charge in [0.1, 0.15) is 11.4 Å². The van der Waals surface area contributed by atoms with E-state index >= 15 is 0 Å². The highest BCUT2D eigenvalue weighted by Crippen LogP contribution is 2.11. The van der Waals surface area contributed by atoms with Crippen LogP contribution in [0.1, 0.15) is 16.1 Å². The molecule has 0 bridgehead atoms. The third-order valence-corrected chi connectivity index (χ3v) is 3.25. The van der Waals surface area contributed by atoms with E-state index in [1.165, 1.54) is 12.3 Å². The van der Waals surface area contributed by atoms with Crippen molar-refractivity contribution < 1.29 is 14.3 Å². The number of amides is 2. The lowest BCUT2D eigenvalue weighted by Crippen LogP contribution is -2.36. The molecule has 23 heavy (non-hydrogen) atoms. The van der Waals surface area contributed by atoms with Gasteiger partial charge in [-0.05, 0) is 29.8 Å². The zero-order valence-corrected chi connectivity index (χ0v) is 13.3. The summed E-state index contributed by atoms with van der Waals surface area (Å²) in [5.41, 5.74) is 1.10. The van der Waals surface area contributed by atoms with E-state index in [0.717, 1.165) is 11.3 Å². The van der Waals surface area contributed by atoms with Gasteiger partial charge in [0, 0.05) is 17.8 Å². The summed E-state index contributed by atoms with van der Waals surface area (Å²) in [5, 5.41) is 5.61. The highest BCUT2D eigenvalue weighted by molar-refractivity contribution is 6.30. The average Bonchev–Trinajstić information content (AvgIpc) is 2.58. The van der Waals surface area contributed by atoms with Gasteiger partial charge in [0.2, 0.25) is 5.91 Å². The van der Waals surface area contributed by atoms with Crippen LogP contribution in [0.5, 0.6) is 5.75 Å². The molecule has 0 unspecified atom stereocenters. The molecule has 1 heterocycles. The number of hydrogen-bond donors (Lipinski definition) is 2. The Kier molecular flexibility index (Phi) is 5.94. The van der Waals surface area contributed by atoms with Gasteiger partial charge in [-0.15, -0.1) is 0 Å². The van der Waals surface area contributed by atoms with Gasteiger partial charge >= 0.3 is 0 Å². The molecule has 0 fully saturated rings. The van der Waals surface area contributed by atoms with Crippen LogP contribution < -0.4 is 15.4 Å². The summed E-state index contributed by atoms with van der Waals surface area (Å²) in [5.74, 6) is 0.00431. The Morgan fingerprint density at radius 3 is 2.57 bits per heavy atom. The van der Waals surface area contributed by atoms with Crippen LogP contribution in [0.4, 0.5) is 0 Å². The SMILES string of the molecule is COc1ccc(CNC(=O)CNC(=O)c2cc(Cl)ccn2)cc1. The van der Waals surface area contributed by atoms with E-state index in [4.69, 9.17) is 16.3 Å². The van der Waals surface area contributed by atoms with E-state index in [1.54, 1.807) is 13.2 Å². The van der Waals surface area contributed by atoms with Crippen LogP contribution in [-0.4, -0.2) is 30.5 Å². The highest BCUT2D eigenvalue weighted by Gasteiger charge is 2.09. The number of rotatable bonds is 6. The molecule has 0 atom stereocenters. The molecule has 0 aliphatic rings. The van der Waals surface area contributed by atoms with E-state index in [2.05, 4.69) is 15.6 Å². The van der Waals surface area contributed by atoms with E-state index in [9.17, 15) is 9.59 Å². The number of carbonyl (C=O) groups excluding carboxylic acids is 2. The number of benzene rings is 1. The van der Waals surface area contributed by atoms with E-state index in [1.807, 2.05) is 24.3 Å². The summed E-state index contributed by atoms with van der Waals surface area (Å²) in [7, 11) is 1.59. The summed E-state index contributed by atoms with van der Waals surface area (Å²) in [4.78, 5) is 27.5. The minimum atomic E-state index is -0.452. The molecule has 7 heteroatoms. The molecule has 1 aromatic heterocycles. The number of aromatic nitrogens is 1. The lowest BCUT2D eigenvalue weighted by Gasteiger charge is -2.07. The topological polar surface area (TPSA) is 80.3 Å². The lowest BCUT2D eigenvalue weighted by molar-refractivity contribution is -0.120. The number of halogens is 1. The standard InChI is InChI=1S/C16H16ClN3O3/c1-23-13-4-2-11(3-5-13)9-19-15(21)10-20-16(22)14-8-12(17)6-7-18-14/h2-8H,9-10H2,1H3,(H,19,21)(H,20,22). The molecule has 1 aromatic carbocycles. The molecular formula is C16H16ClN3O3. The normalized spacial score (nSPS) is 10.0. The van der Waals surface area contributed by atoms with Crippen molar-refractivity contribution in [3.8, 4) is 5.75 Å². The van der Waals surface area contributed by atoms with Crippen molar-refractivity contribution in [3.63, 3.8) is 0 Å². The lowest BCUT2D eigenvalue weighted by atomic mass is 10.2. The minimum absolute atomic E-state index is 0.136. The Balaban J connectivity index is 1.77. The molecule has 6 nitrogen and oxygen atoms in total. The maximum Gasteiger partial charge on any atom is 0.270 e. The summed E-state index contributed by atoms with van der Waals surface area (Å²) in [6, 6.07) is 10.3. The van der Waals surface area contributed by atoms with Crippen LogP contribution >= 0.6 is 11.6 Å². The van der Waals surface area contributed by atoms with Gasteiger partial charge in [0.25, 0.3) is 5.91 Å². The first kappa shape index (κ1) is 16.8. The van der Waals surface area contributed by atoms with E-state index in [-0.39, 0.29) is 18.1 Å². The first-order valence-corrected chi connectivity index (χ1v) is 7.25. The second kappa shape index (κ2) is 8.14. The molecule has 0 radical (unpaired) electrons. The monoisotopic (exact) mass is 333 g/mol. The smallest absolute Gasteiger partial charge is 0.270 e. The Morgan fingerprint density at radius 2 is 1.91 bits per heavy atom. The molecule has 2 N–H and O–H groups in total. The number of carbonyl (C=O) groups is 2. The third-order valence-electron chi connectivity index (χ3n) is 3.01. The van der Waals surface area contributed by atoms with Gasteiger partial charge in [0.15, 0.2) is 0 Å². The van der Waals surface area contributed by atoms with Crippen LogP contribution in [0.2, 0.25) is 5.02 Å². The molecule has 120 valence electrons. The largest absolute Gasteiger partial charge is 0.497 e. The predicted molar refractivity (Wildman–Crippen MR) is 86.4 cm³/mol. The van der Waals surface area contributed by atoms with Crippen LogP contribution in [0.3, 0.4) is 0 Å². The van der Waals surface area contributed by atoms with Gasteiger partial charge in [-0.2, -0.15) is 0 Å². The van der Waals surface area contributed by atoms with Gasteiger partial charge in [-0.25, -0.2) is 0 Å². The second-order valence-corrected chi connectivity index (χ2v) is 5.10.